The van der Waals surface area contributed by atoms with Gasteiger partial charge in [-0.25, -0.2) is 5.10 Å². The van der Waals surface area contributed by atoms with Gasteiger partial charge in [0.2, 0.25) is 0 Å². The number of carbonyl (C=O) groups is 1. The van der Waals surface area contributed by atoms with Gasteiger partial charge in [0, 0.05) is 19.0 Å². The van der Waals surface area contributed by atoms with E-state index in [9.17, 15) is 9.59 Å². The number of benzene rings is 2. The fourth-order valence-corrected chi connectivity index (χ4v) is 2.99. The summed E-state index contributed by atoms with van der Waals surface area (Å²) in [5.74, 6) is 1.12. The van der Waals surface area contributed by atoms with Crippen LogP contribution in [0.25, 0.3) is 10.8 Å². The van der Waals surface area contributed by atoms with Gasteiger partial charge >= 0.3 is 0 Å². The standard InChI is InChI=1S/C19H17N3O4/c1-22(11-12-6-7-15-16(10-12)26-9-8-25-15)19(24)17-13-4-2-3-5-14(13)18(23)21-20-17/h2-7,10H,8-9,11H2,1H3,(H,21,23). The molecule has 7 nitrogen and oxygen atoms in total. The summed E-state index contributed by atoms with van der Waals surface area (Å²) in [6.07, 6.45) is 0. The summed E-state index contributed by atoms with van der Waals surface area (Å²) in [6.45, 7) is 1.43. The number of H-pyrrole nitrogens is 1. The van der Waals surface area contributed by atoms with E-state index in [-0.39, 0.29) is 17.2 Å². The lowest BCUT2D eigenvalue weighted by Gasteiger charge is -2.21. The highest BCUT2D eigenvalue weighted by Crippen LogP contribution is 2.31. The molecular weight excluding hydrogens is 334 g/mol. The van der Waals surface area contributed by atoms with Gasteiger partial charge in [0.05, 0.1) is 5.39 Å². The van der Waals surface area contributed by atoms with Gasteiger partial charge < -0.3 is 14.4 Å². The average molecular weight is 351 g/mol. The second-order valence-corrected chi connectivity index (χ2v) is 6.09. The lowest BCUT2D eigenvalue weighted by molar-refractivity contribution is 0.0780. The van der Waals surface area contributed by atoms with Crippen LogP contribution in [0.4, 0.5) is 0 Å². The molecule has 0 atom stereocenters. The lowest BCUT2D eigenvalue weighted by Crippen LogP contribution is -2.28. The van der Waals surface area contributed by atoms with Gasteiger partial charge in [-0.15, -0.1) is 0 Å². The average Bonchev–Trinajstić information content (AvgIpc) is 2.68. The van der Waals surface area contributed by atoms with Crippen molar-refractivity contribution in [2.24, 2.45) is 0 Å². The van der Waals surface area contributed by atoms with Crippen molar-refractivity contribution in [3.05, 3.63) is 64.1 Å². The first-order chi connectivity index (χ1) is 12.6. The van der Waals surface area contributed by atoms with Crippen LogP contribution in [0.1, 0.15) is 16.1 Å². The van der Waals surface area contributed by atoms with Crippen molar-refractivity contribution in [1.82, 2.24) is 15.1 Å². The maximum atomic E-state index is 12.8. The molecule has 0 radical (unpaired) electrons. The highest BCUT2D eigenvalue weighted by Gasteiger charge is 2.19. The third kappa shape index (κ3) is 2.88. The molecule has 1 N–H and O–H groups in total. The summed E-state index contributed by atoms with van der Waals surface area (Å²) >= 11 is 0. The van der Waals surface area contributed by atoms with Gasteiger partial charge in [0.1, 0.15) is 13.2 Å². The van der Waals surface area contributed by atoms with Crippen molar-refractivity contribution in [2.75, 3.05) is 20.3 Å². The van der Waals surface area contributed by atoms with Crippen molar-refractivity contribution in [3.63, 3.8) is 0 Å². The van der Waals surface area contributed by atoms with E-state index in [1.54, 1.807) is 36.2 Å². The fraction of sp³-hybridized carbons (Fsp3) is 0.211. The van der Waals surface area contributed by atoms with Gasteiger partial charge in [0.15, 0.2) is 17.2 Å². The van der Waals surface area contributed by atoms with Crippen molar-refractivity contribution < 1.29 is 14.3 Å². The van der Waals surface area contributed by atoms with Crippen LogP contribution in [-0.4, -0.2) is 41.3 Å². The van der Waals surface area contributed by atoms with Gasteiger partial charge in [0.25, 0.3) is 11.5 Å². The highest BCUT2D eigenvalue weighted by atomic mass is 16.6. The molecule has 0 aliphatic carbocycles. The number of ether oxygens (including phenoxy) is 2. The largest absolute Gasteiger partial charge is 0.486 e. The molecule has 2 heterocycles. The minimum Gasteiger partial charge on any atom is -0.486 e. The zero-order valence-corrected chi connectivity index (χ0v) is 14.2. The smallest absolute Gasteiger partial charge is 0.274 e. The number of fused-ring (bicyclic) bond motifs is 2. The molecule has 7 heteroatoms. The molecule has 0 spiro atoms. The third-order valence-electron chi connectivity index (χ3n) is 4.27. The Balaban J connectivity index is 1.61. The van der Waals surface area contributed by atoms with E-state index < -0.39 is 0 Å². The van der Waals surface area contributed by atoms with Crippen molar-refractivity contribution in [3.8, 4) is 11.5 Å². The number of nitrogens with one attached hydrogen (secondary N) is 1. The molecule has 1 aliphatic rings. The predicted octanol–water partition coefficient (Wildman–Crippen LogP) is 1.97. The zero-order valence-electron chi connectivity index (χ0n) is 14.2. The molecule has 3 aromatic rings. The molecule has 1 aromatic heterocycles. The molecule has 1 amide bonds. The number of rotatable bonds is 3. The number of amides is 1. The summed E-state index contributed by atoms with van der Waals surface area (Å²) in [5.41, 5.74) is 0.825. The number of nitrogens with zero attached hydrogens (tertiary/aromatic N) is 2. The second-order valence-electron chi connectivity index (χ2n) is 6.09. The third-order valence-corrected chi connectivity index (χ3v) is 4.27. The fourth-order valence-electron chi connectivity index (χ4n) is 2.99. The topological polar surface area (TPSA) is 84.5 Å². The molecule has 1 aliphatic heterocycles. The molecule has 0 unspecified atom stereocenters. The summed E-state index contributed by atoms with van der Waals surface area (Å²) in [7, 11) is 1.70. The zero-order chi connectivity index (χ0) is 18.1. The van der Waals surface area contributed by atoms with Crippen LogP contribution in [0.15, 0.2) is 47.3 Å². The normalized spacial score (nSPS) is 12.8. The maximum absolute atomic E-state index is 12.8. The molecule has 2 aromatic carbocycles. The van der Waals surface area contributed by atoms with E-state index in [4.69, 9.17) is 9.47 Å². The molecule has 0 bridgehead atoms. The Hall–Kier alpha value is -3.35. The summed E-state index contributed by atoms with van der Waals surface area (Å²) in [6, 6.07) is 12.5. The minimum atomic E-state index is -0.313. The second kappa shape index (κ2) is 6.51. The van der Waals surface area contributed by atoms with Crippen LogP contribution in [-0.2, 0) is 6.54 Å². The maximum Gasteiger partial charge on any atom is 0.274 e. The molecule has 132 valence electrons. The Labute approximate surface area is 149 Å². The Morgan fingerprint density at radius 2 is 1.85 bits per heavy atom. The quantitative estimate of drug-likeness (QED) is 0.780. The molecule has 4 rings (SSSR count). The minimum absolute atomic E-state index is 0.222. The number of carbonyl (C=O) groups excluding carboxylic acids is 1. The Morgan fingerprint density at radius 1 is 1.12 bits per heavy atom. The van der Waals surface area contributed by atoms with Crippen molar-refractivity contribution >= 4 is 16.7 Å². The van der Waals surface area contributed by atoms with Gasteiger partial charge in [-0.1, -0.05) is 24.3 Å². The van der Waals surface area contributed by atoms with Gasteiger partial charge in [-0.3, -0.25) is 9.59 Å². The van der Waals surface area contributed by atoms with Crippen molar-refractivity contribution in [1.29, 1.82) is 0 Å². The molecule has 0 saturated carbocycles. The monoisotopic (exact) mass is 351 g/mol. The number of hydrogen-bond donors (Lipinski definition) is 1. The van der Waals surface area contributed by atoms with Gasteiger partial charge in [-0.05, 0) is 23.8 Å². The molecular formula is C19H17N3O4. The van der Waals surface area contributed by atoms with Crippen LogP contribution in [0, 0.1) is 0 Å². The van der Waals surface area contributed by atoms with E-state index in [1.165, 1.54) is 0 Å². The van der Waals surface area contributed by atoms with E-state index in [0.717, 1.165) is 5.56 Å². The van der Waals surface area contributed by atoms with Gasteiger partial charge in [-0.2, -0.15) is 5.10 Å². The summed E-state index contributed by atoms with van der Waals surface area (Å²) in [4.78, 5) is 26.3. The van der Waals surface area contributed by atoms with Crippen LogP contribution >= 0.6 is 0 Å². The number of aromatic amines is 1. The SMILES string of the molecule is CN(Cc1ccc2c(c1)OCCO2)C(=O)c1n[nH]c(=O)c2ccccc12. The molecule has 0 fully saturated rings. The van der Waals surface area contributed by atoms with Crippen LogP contribution in [0.3, 0.4) is 0 Å². The lowest BCUT2D eigenvalue weighted by atomic mass is 10.1. The van der Waals surface area contributed by atoms with E-state index >= 15 is 0 Å². The molecule has 26 heavy (non-hydrogen) atoms. The Bertz CT molecular complexity index is 1040. The van der Waals surface area contributed by atoms with E-state index in [2.05, 4.69) is 10.2 Å². The first-order valence-electron chi connectivity index (χ1n) is 8.25. The number of hydrogen-bond acceptors (Lipinski definition) is 5. The Morgan fingerprint density at radius 3 is 2.65 bits per heavy atom. The predicted molar refractivity (Wildman–Crippen MR) is 95.6 cm³/mol. The van der Waals surface area contributed by atoms with E-state index in [0.29, 0.717) is 42.0 Å². The van der Waals surface area contributed by atoms with Crippen molar-refractivity contribution in [2.45, 2.75) is 6.54 Å². The first kappa shape index (κ1) is 16.1. The number of aromatic nitrogens is 2. The van der Waals surface area contributed by atoms with Crippen LogP contribution in [0.2, 0.25) is 0 Å². The Kier molecular flexibility index (Phi) is 4.04. The van der Waals surface area contributed by atoms with Crippen LogP contribution in [0.5, 0.6) is 11.5 Å². The van der Waals surface area contributed by atoms with E-state index in [1.807, 2.05) is 18.2 Å². The molecule has 0 saturated heterocycles. The van der Waals surface area contributed by atoms with Crippen LogP contribution < -0.4 is 15.0 Å². The highest BCUT2D eigenvalue weighted by molar-refractivity contribution is 6.04. The summed E-state index contributed by atoms with van der Waals surface area (Å²) in [5, 5.41) is 7.34. The summed E-state index contributed by atoms with van der Waals surface area (Å²) < 4.78 is 11.1. The first-order valence-corrected chi connectivity index (χ1v) is 8.25.